The molecule has 0 fully saturated rings. The number of nitrogen functional groups attached to an aromatic ring is 1. The summed E-state index contributed by atoms with van der Waals surface area (Å²) in [6, 6.07) is 22.6. The van der Waals surface area contributed by atoms with Gasteiger partial charge >= 0.3 is 0 Å². The molecule has 164 valence electrons. The number of ether oxygens (including phenoxy) is 1. The summed E-state index contributed by atoms with van der Waals surface area (Å²) < 4.78 is 5.12. The van der Waals surface area contributed by atoms with Gasteiger partial charge in [-0.05, 0) is 31.0 Å². The summed E-state index contributed by atoms with van der Waals surface area (Å²) in [7, 11) is 0. The number of hydrogen-bond acceptors (Lipinski definition) is 4. The highest BCUT2D eigenvalue weighted by Crippen LogP contribution is 2.24. The smallest absolute Gasteiger partial charge is 0.250 e. The van der Waals surface area contributed by atoms with Gasteiger partial charge in [0.05, 0.1) is 0 Å². The van der Waals surface area contributed by atoms with E-state index in [2.05, 4.69) is 58.9 Å². The molecule has 31 heavy (non-hydrogen) atoms. The van der Waals surface area contributed by atoms with Gasteiger partial charge in [0.25, 0.3) is 5.91 Å². The van der Waals surface area contributed by atoms with Crippen molar-refractivity contribution in [1.29, 1.82) is 0 Å². The third kappa shape index (κ3) is 7.27. The van der Waals surface area contributed by atoms with E-state index in [0.717, 1.165) is 12.2 Å². The lowest BCUT2D eigenvalue weighted by atomic mass is 9.98. The minimum Gasteiger partial charge on any atom is -1.00 e. The van der Waals surface area contributed by atoms with Crippen LogP contribution in [-0.2, 0) is 16.0 Å². The lowest BCUT2D eigenvalue weighted by Crippen LogP contribution is -3.00. The number of aromatic nitrogens is 1. The van der Waals surface area contributed by atoms with Gasteiger partial charge < -0.3 is 28.2 Å². The van der Waals surface area contributed by atoms with E-state index in [-0.39, 0.29) is 31.0 Å². The zero-order valence-corrected chi connectivity index (χ0v) is 18.6. The number of nitrogens with two attached hydrogens (primary N) is 1. The maximum absolute atomic E-state index is 11.9. The molecule has 0 saturated carbocycles. The molecule has 1 aromatic heterocycles. The second kappa shape index (κ2) is 11.9. The topological polar surface area (TPSA) is 90.5 Å². The molecular formula is C24H29ClN4O2. The van der Waals surface area contributed by atoms with Crippen LogP contribution in [0.3, 0.4) is 0 Å². The highest BCUT2D eigenvalue weighted by Gasteiger charge is 2.18. The largest absolute Gasteiger partial charge is 1.00 e. The van der Waals surface area contributed by atoms with Gasteiger partial charge in [0.15, 0.2) is 0 Å². The summed E-state index contributed by atoms with van der Waals surface area (Å²) in [4.78, 5) is 15.0. The van der Waals surface area contributed by atoms with Crippen molar-refractivity contribution in [3.63, 3.8) is 0 Å². The van der Waals surface area contributed by atoms with Crippen molar-refractivity contribution in [3.05, 3.63) is 83.4 Å². The first kappa shape index (κ1) is 24.2. The average molecular weight is 441 g/mol. The van der Waals surface area contributed by atoms with Crippen molar-refractivity contribution in [2.75, 3.05) is 29.6 Å². The number of aromatic amines is 1. The van der Waals surface area contributed by atoms with Crippen LogP contribution in [0.4, 0.5) is 17.3 Å². The van der Waals surface area contributed by atoms with E-state index < -0.39 is 0 Å². The van der Waals surface area contributed by atoms with Crippen molar-refractivity contribution >= 4 is 23.2 Å². The summed E-state index contributed by atoms with van der Waals surface area (Å²) in [5.74, 6) is 0.920. The molecule has 0 radical (unpaired) electrons. The first-order valence-electron chi connectivity index (χ1n) is 10.1. The Balaban J connectivity index is 0.00000341. The van der Waals surface area contributed by atoms with Crippen LogP contribution < -0.4 is 33.8 Å². The van der Waals surface area contributed by atoms with Crippen molar-refractivity contribution in [1.82, 2.24) is 0 Å². The molecule has 0 aliphatic heterocycles. The van der Waals surface area contributed by atoms with Gasteiger partial charge in [0, 0.05) is 19.1 Å². The van der Waals surface area contributed by atoms with Crippen molar-refractivity contribution in [2.45, 2.75) is 26.3 Å². The van der Waals surface area contributed by atoms with Gasteiger partial charge in [-0.15, -0.1) is 0 Å². The number of rotatable bonds is 9. The Kier molecular flexibility index (Phi) is 9.31. The molecule has 1 amide bonds. The van der Waals surface area contributed by atoms with Crippen LogP contribution in [-0.4, -0.2) is 19.1 Å². The van der Waals surface area contributed by atoms with E-state index >= 15 is 0 Å². The first-order chi connectivity index (χ1) is 14.5. The Labute approximate surface area is 189 Å². The molecule has 7 heteroatoms. The van der Waals surface area contributed by atoms with Gasteiger partial charge in [-0.3, -0.25) is 10.1 Å². The van der Waals surface area contributed by atoms with Crippen LogP contribution in [0.2, 0.25) is 0 Å². The predicted molar refractivity (Wildman–Crippen MR) is 120 cm³/mol. The summed E-state index contributed by atoms with van der Waals surface area (Å²) in [6.07, 6.45) is 0.824. The molecule has 0 saturated heterocycles. The van der Waals surface area contributed by atoms with Crippen LogP contribution in [0.25, 0.3) is 0 Å². The second-order valence-electron chi connectivity index (χ2n) is 7.18. The minimum atomic E-state index is -0.237. The molecular weight excluding hydrogens is 412 g/mol. The molecule has 0 aliphatic carbocycles. The second-order valence-corrected chi connectivity index (χ2v) is 7.18. The van der Waals surface area contributed by atoms with E-state index in [4.69, 9.17) is 10.5 Å². The number of halogens is 1. The first-order valence-corrected chi connectivity index (χ1v) is 10.1. The number of pyridine rings is 1. The Morgan fingerprint density at radius 3 is 2.42 bits per heavy atom. The van der Waals surface area contributed by atoms with Crippen molar-refractivity contribution < 1.29 is 26.9 Å². The Hall–Kier alpha value is -3.09. The maximum Gasteiger partial charge on any atom is 0.250 e. The molecule has 2 aromatic carbocycles. The van der Waals surface area contributed by atoms with Gasteiger partial charge in [-0.25, -0.2) is 4.98 Å². The molecule has 6 nitrogen and oxygen atoms in total. The third-order valence-corrected chi connectivity index (χ3v) is 4.78. The van der Waals surface area contributed by atoms with E-state index in [9.17, 15) is 4.79 Å². The molecule has 1 heterocycles. The van der Waals surface area contributed by atoms with Crippen LogP contribution in [0.5, 0.6) is 0 Å². The van der Waals surface area contributed by atoms with Crippen LogP contribution in [0.15, 0.2) is 66.7 Å². The quantitative estimate of drug-likeness (QED) is 0.458. The highest BCUT2D eigenvalue weighted by molar-refractivity contribution is 5.93. The maximum atomic E-state index is 11.9. The molecule has 1 unspecified atom stereocenters. The number of aryl methyl sites for hydroxylation is 1. The molecule has 1 atom stereocenters. The molecule has 5 N–H and O–H groups in total. The molecule has 0 spiro atoms. The van der Waals surface area contributed by atoms with Crippen molar-refractivity contribution in [3.8, 4) is 0 Å². The molecule has 3 aromatic rings. The summed E-state index contributed by atoms with van der Waals surface area (Å²) in [5, 5.41) is 6.30. The van der Waals surface area contributed by atoms with E-state index in [1.807, 2.05) is 31.2 Å². The fourth-order valence-corrected chi connectivity index (χ4v) is 3.17. The lowest BCUT2D eigenvalue weighted by Gasteiger charge is -2.18. The van der Waals surface area contributed by atoms with Crippen LogP contribution in [0, 0.1) is 6.92 Å². The highest BCUT2D eigenvalue weighted by atomic mass is 35.5. The van der Waals surface area contributed by atoms with Gasteiger partial charge in [0.1, 0.15) is 18.3 Å². The lowest BCUT2D eigenvalue weighted by molar-refractivity contribution is -0.342. The van der Waals surface area contributed by atoms with Gasteiger partial charge in [0.2, 0.25) is 11.6 Å². The predicted octanol–water partition coefficient (Wildman–Crippen LogP) is 0.766. The normalized spacial score (nSPS) is 11.3. The molecule has 0 bridgehead atoms. The zero-order valence-electron chi connectivity index (χ0n) is 17.8. The minimum absolute atomic E-state index is 0. The van der Waals surface area contributed by atoms with Gasteiger partial charge in [-0.2, -0.15) is 0 Å². The summed E-state index contributed by atoms with van der Waals surface area (Å²) >= 11 is 0. The fraction of sp³-hybridized carbons (Fsp3) is 0.250. The number of carbonyl (C=O) groups excluding carboxylic acids is 1. The fourth-order valence-electron chi connectivity index (χ4n) is 3.17. The Bertz CT molecular complexity index is 965. The van der Waals surface area contributed by atoms with Crippen LogP contribution in [0.1, 0.15) is 29.7 Å². The summed E-state index contributed by atoms with van der Waals surface area (Å²) in [6.45, 7) is 4.41. The van der Waals surface area contributed by atoms with E-state index in [1.165, 1.54) is 16.7 Å². The number of benzene rings is 2. The molecule has 0 aliphatic rings. The number of anilines is 3. The van der Waals surface area contributed by atoms with E-state index in [1.54, 1.807) is 6.07 Å². The standard InChI is InChI=1S/C24H28N4O2.ClH/c1-3-30-16-23(29)27-20-13-14-22(28-24(20)25)26-21(15-18-7-5-4-6-8-18)19-11-9-17(2)10-12-19;/h4-14,21H,3,15-16H2,1-2H3,(H,27,29)(H3,25,26,28);1H. The summed E-state index contributed by atoms with van der Waals surface area (Å²) in [5.41, 5.74) is 10.3. The Morgan fingerprint density at radius 1 is 1.06 bits per heavy atom. The van der Waals surface area contributed by atoms with Crippen LogP contribution >= 0.6 is 0 Å². The number of hydrogen-bond donors (Lipinski definition) is 3. The van der Waals surface area contributed by atoms with Crippen molar-refractivity contribution in [2.24, 2.45) is 0 Å². The van der Waals surface area contributed by atoms with Gasteiger partial charge in [-0.1, -0.05) is 60.2 Å². The van der Waals surface area contributed by atoms with E-state index in [0.29, 0.717) is 18.1 Å². The monoisotopic (exact) mass is 440 g/mol. The number of H-pyrrole nitrogens is 1. The zero-order chi connectivity index (χ0) is 21.3. The molecule has 3 rings (SSSR count). The SMILES string of the molecule is CCOCC(=O)Nc1ccc(NC(Cc2ccccc2)c2ccc(C)cc2)[nH+]c1N.[Cl-]. The number of carbonyl (C=O) groups is 1. The number of nitrogens with one attached hydrogen (secondary N) is 3. The number of amides is 1. The Morgan fingerprint density at radius 2 is 1.77 bits per heavy atom. The third-order valence-electron chi connectivity index (χ3n) is 4.78. The average Bonchev–Trinajstić information content (AvgIpc) is 2.75.